The molecular formula is C17H18O2S. The highest BCUT2D eigenvalue weighted by atomic mass is 32.2. The fourth-order valence-corrected chi connectivity index (χ4v) is 4.27. The summed E-state index contributed by atoms with van der Waals surface area (Å²) < 4.78 is 25.4. The zero-order valence-electron chi connectivity index (χ0n) is 12.0. The maximum atomic E-state index is 12.7. The highest BCUT2D eigenvalue weighted by Gasteiger charge is 2.23. The first-order chi connectivity index (χ1) is 9.39. The second kappa shape index (κ2) is 4.45. The Balaban J connectivity index is 2.37. The fraction of sp³-hybridized carbons (Fsp3) is 0.294. The molecule has 0 fully saturated rings. The molecule has 2 aromatic carbocycles. The second-order valence-corrected chi connectivity index (χ2v) is 7.66. The number of sulfone groups is 1. The van der Waals surface area contributed by atoms with E-state index in [9.17, 15) is 8.42 Å². The number of hydrogen-bond acceptors (Lipinski definition) is 2. The van der Waals surface area contributed by atoms with Crippen molar-refractivity contribution in [3.05, 3.63) is 58.7 Å². The number of benzene rings is 2. The van der Waals surface area contributed by atoms with Crippen LogP contribution in [0.15, 0.2) is 46.2 Å². The van der Waals surface area contributed by atoms with Gasteiger partial charge in [-0.15, -0.1) is 0 Å². The van der Waals surface area contributed by atoms with Crippen molar-refractivity contribution in [3.8, 4) is 0 Å². The molecule has 0 radical (unpaired) electrons. The molecule has 0 saturated heterocycles. The Morgan fingerprint density at radius 3 is 2.25 bits per heavy atom. The molecule has 3 heteroatoms. The van der Waals surface area contributed by atoms with Crippen LogP contribution >= 0.6 is 0 Å². The molecule has 2 aromatic rings. The summed E-state index contributed by atoms with van der Waals surface area (Å²) in [5.41, 5.74) is 4.57. The van der Waals surface area contributed by atoms with Crippen LogP contribution in [0.4, 0.5) is 0 Å². The molecule has 1 unspecified atom stereocenters. The maximum Gasteiger partial charge on any atom is 0.206 e. The summed E-state index contributed by atoms with van der Waals surface area (Å²) in [4.78, 5) is 0.809. The van der Waals surface area contributed by atoms with Crippen molar-refractivity contribution in [2.24, 2.45) is 0 Å². The third-order valence-electron chi connectivity index (χ3n) is 4.25. The molecule has 4 bridgehead atoms. The van der Waals surface area contributed by atoms with Crippen molar-refractivity contribution in [2.45, 2.75) is 42.9 Å². The predicted octanol–water partition coefficient (Wildman–Crippen LogP) is 3.80. The van der Waals surface area contributed by atoms with Gasteiger partial charge in [0.1, 0.15) is 0 Å². The molecule has 104 valence electrons. The van der Waals surface area contributed by atoms with Crippen molar-refractivity contribution in [1.29, 1.82) is 0 Å². The zero-order chi connectivity index (χ0) is 14.5. The van der Waals surface area contributed by atoms with E-state index in [0.717, 1.165) is 28.7 Å². The minimum Gasteiger partial charge on any atom is -0.219 e. The Kier molecular flexibility index (Phi) is 2.98. The summed E-state index contributed by atoms with van der Waals surface area (Å²) in [6.45, 7) is 6.25. The van der Waals surface area contributed by atoms with Crippen LogP contribution in [0.2, 0.25) is 0 Å². The van der Waals surface area contributed by atoms with Crippen LogP contribution in [0.3, 0.4) is 0 Å². The topological polar surface area (TPSA) is 34.1 Å². The van der Waals surface area contributed by atoms with Gasteiger partial charge in [-0.05, 0) is 72.7 Å². The van der Waals surface area contributed by atoms with Crippen molar-refractivity contribution < 1.29 is 8.42 Å². The Morgan fingerprint density at radius 1 is 0.950 bits per heavy atom. The van der Waals surface area contributed by atoms with Crippen LogP contribution in [0.25, 0.3) is 0 Å². The first-order valence-electron chi connectivity index (χ1n) is 6.85. The molecule has 0 saturated carbocycles. The normalized spacial score (nSPS) is 19.9. The lowest BCUT2D eigenvalue weighted by Gasteiger charge is -2.15. The van der Waals surface area contributed by atoms with Gasteiger partial charge in [-0.1, -0.05) is 19.1 Å². The lowest BCUT2D eigenvalue weighted by molar-refractivity contribution is 0.596. The van der Waals surface area contributed by atoms with Gasteiger partial charge in [-0.3, -0.25) is 0 Å². The largest absolute Gasteiger partial charge is 0.219 e. The van der Waals surface area contributed by atoms with Crippen LogP contribution < -0.4 is 0 Å². The Labute approximate surface area is 120 Å². The molecule has 0 spiro atoms. The summed E-state index contributed by atoms with van der Waals surface area (Å²) in [6, 6.07) is 10.9. The van der Waals surface area contributed by atoms with E-state index in [1.54, 1.807) is 12.1 Å². The number of fused-ring (bicyclic) bond motifs is 4. The quantitative estimate of drug-likeness (QED) is 0.738. The van der Waals surface area contributed by atoms with Gasteiger partial charge in [0.2, 0.25) is 9.84 Å². The van der Waals surface area contributed by atoms with Gasteiger partial charge in [-0.2, -0.15) is 0 Å². The molecule has 1 heterocycles. The minimum atomic E-state index is -3.40. The van der Waals surface area contributed by atoms with Gasteiger partial charge in [0.05, 0.1) is 9.79 Å². The summed E-state index contributed by atoms with van der Waals surface area (Å²) >= 11 is 0. The van der Waals surface area contributed by atoms with Crippen molar-refractivity contribution in [2.75, 3.05) is 0 Å². The molecule has 0 aromatic heterocycles. The predicted molar refractivity (Wildman–Crippen MR) is 79.9 cm³/mol. The number of hydrogen-bond donors (Lipinski definition) is 0. The molecule has 0 N–H and O–H groups in total. The van der Waals surface area contributed by atoms with E-state index in [-0.39, 0.29) is 0 Å². The summed E-state index contributed by atoms with van der Waals surface area (Å²) in [5.74, 6) is 0.317. The van der Waals surface area contributed by atoms with Gasteiger partial charge in [0.15, 0.2) is 0 Å². The summed E-state index contributed by atoms with van der Waals surface area (Å²) in [5, 5.41) is 0. The van der Waals surface area contributed by atoms with Crippen LogP contribution in [0.1, 0.15) is 35.1 Å². The van der Waals surface area contributed by atoms with E-state index in [1.807, 2.05) is 38.1 Å². The highest BCUT2D eigenvalue weighted by Crippen LogP contribution is 2.33. The standard InChI is InChI=1S/C17H18O2S/c1-11-4-6-15-9-14(11)8-13(3)17-10-16(20(15,18)19)7-5-12(17)2/h4-7,9-10,13H,8H2,1-3H3. The van der Waals surface area contributed by atoms with Crippen molar-refractivity contribution >= 4 is 9.84 Å². The van der Waals surface area contributed by atoms with Crippen molar-refractivity contribution in [3.63, 3.8) is 0 Å². The van der Waals surface area contributed by atoms with Gasteiger partial charge >= 0.3 is 0 Å². The Bertz CT molecular complexity index is 789. The fourth-order valence-electron chi connectivity index (χ4n) is 2.93. The van der Waals surface area contributed by atoms with Gasteiger partial charge in [0.25, 0.3) is 0 Å². The van der Waals surface area contributed by atoms with E-state index < -0.39 is 9.84 Å². The molecule has 3 rings (SSSR count). The lowest BCUT2D eigenvalue weighted by Crippen LogP contribution is -2.03. The molecule has 0 aliphatic carbocycles. The average molecular weight is 286 g/mol. The second-order valence-electron chi connectivity index (χ2n) is 5.72. The van der Waals surface area contributed by atoms with E-state index in [2.05, 4.69) is 6.92 Å². The van der Waals surface area contributed by atoms with Gasteiger partial charge in [-0.25, -0.2) is 8.42 Å². The van der Waals surface area contributed by atoms with Crippen molar-refractivity contribution in [1.82, 2.24) is 0 Å². The average Bonchev–Trinajstić information content (AvgIpc) is 2.42. The maximum absolute atomic E-state index is 12.7. The van der Waals surface area contributed by atoms with E-state index in [1.165, 1.54) is 0 Å². The number of aryl methyl sites for hydroxylation is 2. The SMILES string of the molecule is Cc1ccc2cc1CC(C)c1cc(ccc1C)S2(=O)=O. The smallest absolute Gasteiger partial charge is 0.206 e. The lowest BCUT2D eigenvalue weighted by atomic mass is 9.89. The molecule has 20 heavy (non-hydrogen) atoms. The molecule has 1 aliphatic heterocycles. The monoisotopic (exact) mass is 286 g/mol. The van der Waals surface area contributed by atoms with E-state index in [4.69, 9.17) is 0 Å². The van der Waals surface area contributed by atoms with Gasteiger partial charge < -0.3 is 0 Å². The Morgan fingerprint density at radius 2 is 1.55 bits per heavy atom. The molecular weight excluding hydrogens is 268 g/mol. The van der Waals surface area contributed by atoms with Gasteiger partial charge in [0, 0.05) is 0 Å². The third-order valence-corrected chi connectivity index (χ3v) is 6.00. The first kappa shape index (κ1) is 13.4. The van der Waals surface area contributed by atoms with Crippen LogP contribution in [-0.4, -0.2) is 8.42 Å². The van der Waals surface area contributed by atoms with E-state index in [0.29, 0.717) is 15.7 Å². The third kappa shape index (κ3) is 1.97. The molecule has 0 amide bonds. The summed E-state index contributed by atoms with van der Waals surface area (Å²) in [6.07, 6.45) is 0.874. The molecule has 1 atom stereocenters. The molecule has 1 aliphatic rings. The van der Waals surface area contributed by atoms with E-state index >= 15 is 0 Å². The first-order valence-corrected chi connectivity index (χ1v) is 8.33. The highest BCUT2D eigenvalue weighted by molar-refractivity contribution is 7.91. The van der Waals surface area contributed by atoms with Crippen LogP contribution in [0, 0.1) is 13.8 Å². The zero-order valence-corrected chi connectivity index (χ0v) is 12.8. The number of rotatable bonds is 0. The Hall–Kier alpha value is -1.61. The van der Waals surface area contributed by atoms with Crippen LogP contribution in [0.5, 0.6) is 0 Å². The van der Waals surface area contributed by atoms with Crippen LogP contribution in [-0.2, 0) is 16.3 Å². The molecule has 2 nitrogen and oxygen atoms in total. The summed E-state index contributed by atoms with van der Waals surface area (Å²) in [7, 11) is -3.40. The minimum absolute atomic E-state index is 0.317.